The highest BCUT2D eigenvalue weighted by Gasteiger charge is 2.10. The van der Waals surface area contributed by atoms with Gasteiger partial charge >= 0.3 is 0 Å². The van der Waals surface area contributed by atoms with Gasteiger partial charge in [-0.3, -0.25) is 4.79 Å². The summed E-state index contributed by atoms with van der Waals surface area (Å²) in [5.74, 6) is 0.417. The predicted molar refractivity (Wildman–Crippen MR) is 78.0 cm³/mol. The van der Waals surface area contributed by atoms with Crippen molar-refractivity contribution in [3.8, 4) is 5.75 Å². The fourth-order valence-corrected chi connectivity index (χ4v) is 2.91. The molecule has 0 aliphatic rings. The molecule has 3 nitrogen and oxygen atoms in total. The van der Waals surface area contributed by atoms with Gasteiger partial charge in [0.15, 0.2) is 0 Å². The zero-order valence-corrected chi connectivity index (χ0v) is 12.5. The molecule has 1 heterocycles. The molecule has 0 saturated heterocycles. The third-order valence-corrected chi connectivity index (χ3v) is 4.12. The molecule has 6 heteroatoms. The number of amides is 1. The maximum atomic E-state index is 11.9. The molecular formula is C12H9BrClNO2S. The summed E-state index contributed by atoms with van der Waals surface area (Å²) in [5, 5.41) is 3.24. The van der Waals surface area contributed by atoms with Crippen LogP contribution in [0.3, 0.4) is 0 Å². The summed E-state index contributed by atoms with van der Waals surface area (Å²) in [7, 11) is 1.54. The van der Waals surface area contributed by atoms with E-state index in [1.807, 2.05) is 6.07 Å². The number of rotatable bonds is 3. The van der Waals surface area contributed by atoms with Crippen molar-refractivity contribution in [2.45, 2.75) is 0 Å². The van der Waals surface area contributed by atoms with Crippen molar-refractivity contribution in [3.05, 3.63) is 44.0 Å². The molecule has 0 fully saturated rings. The summed E-state index contributed by atoms with van der Waals surface area (Å²) >= 11 is 10.7. The van der Waals surface area contributed by atoms with Gasteiger partial charge in [-0.05, 0) is 46.3 Å². The molecule has 0 aliphatic carbocycles. The Kier molecular flexibility index (Phi) is 4.27. The number of carbonyl (C=O) groups excluding carboxylic acids is 1. The molecule has 0 spiro atoms. The van der Waals surface area contributed by atoms with E-state index in [0.29, 0.717) is 21.3 Å². The van der Waals surface area contributed by atoms with Gasteiger partial charge < -0.3 is 10.1 Å². The van der Waals surface area contributed by atoms with Gasteiger partial charge in [-0.1, -0.05) is 11.6 Å². The average molecular weight is 347 g/mol. The number of anilines is 1. The number of hydrogen-bond acceptors (Lipinski definition) is 3. The number of nitrogens with one attached hydrogen (secondary N) is 1. The van der Waals surface area contributed by atoms with Gasteiger partial charge in [-0.15, -0.1) is 11.3 Å². The van der Waals surface area contributed by atoms with Gasteiger partial charge in [0.2, 0.25) is 0 Å². The van der Waals surface area contributed by atoms with Crippen molar-refractivity contribution in [2.75, 3.05) is 12.4 Å². The molecule has 0 radical (unpaired) electrons. The second kappa shape index (κ2) is 5.73. The van der Waals surface area contributed by atoms with E-state index in [4.69, 9.17) is 16.3 Å². The predicted octanol–water partition coefficient (Wildman–Crippen LogP) is 4.42. The summed E-state index contributed by atoms with van der Waals surface area (Å²) in [5.41, 5.74) is 0.635. The minimum atomic E-state index is -0.160. The number of ether oxygens (including phenoxy) is 1. The lowest BCUT2D eigenvalue weighted by atomic mass is 10.3. The van der Waals surface area contributed by atoms with Crippen molar-refractivity contribution in [1.29, 1.82) is 0 Å². The lowest BCUT2D eigenvalue weighted by molar-refractivity contribution is 0.103. The number of carbonyl (C=O) groups is 1. The molecule has 1 aromatic carbocycles. The summed E-state index contributed by atoms with van der Waals surface area (Å²) in [6.45, 7) is 0. The standard InChI is InChI=1S/C12H9BrClNO2S/c1-17-9-3-2-7(6-8(9)14)15-12(16)10-4-5-11(13)18-10/h2-6H,1H3,(H,15,16). The van der Waals surface area contributed by atoms with Crippen LogP contribution in [-0.4, -0.2) is 13.0 Å². The molecule has 0 atom stereocenters. The Morgan fingerprint density at radius 1 is 1.39 bits per heavy atom. The summed E-state index contributed by atoms with van der Waals surface area (Å²) < 4.78 is 5.96. The summed E-state index contributed by atoms with van der Waals surface area (Å²) in [6, 6.07) is 8.70. The van der Waals surface area contributed by atoms with Crippen molar-refractivity contribution in [1.82, 2.24) is 0 Å². The first-order valence-electron chi connectivity index (χ1n) is 5.00. The first kappa shape index (κ1) is 13.4. The van der Waals surface area contributed by atoms with E-state index in [-0.39, 0.29) is 5.91 Å². The topological polar surface area (TPSA) is 38.3 Å². The van der Waals surface area contributed by atoms with Gasteiger partial charge in [0.1, 0.15) is 5.75 Å². The van der Waals surface area contributed by atoms with Crippen LogP contribution in [0, 0.1) is 0 Å². The molecule has 2 rings (SSSR count). The minimum Gasteiger partial charge on any atom is -0.495 e. The van der Waals surface area contributed by atoms with E-state index in [1.54, 1.807) is 31.4 Å². The Hall–Kier alpha value is -1.04. The molecule has 0 aliphatic heterocycles. The van der Waals surface area contributed by atoms with Crippen LogP contribution >= 0.6 is 38.9 Å². The molecule has 2 aromatic rings. The van der Waals surface area contributed by atoms with Crippen LogP contribution in [0.5, 0.6) is 5.75 Å². The molecule has 1 N–H and O–H groups in total. The normalized spacial score (nSPS) is 10.2. The van der Waals surface area contributed by atoms with Crippen molar-refractivity contribution < 1.29 is 9.53 Å². The molecule has 0 saturated carbocycles. The quantitative estimate of drug-likeness (QED) is 0.893. The zero-order chi connectivity index (χ0) is 13.1. The monoisotopic (exact) mass is 345 g/mol. The van der Waals surface area contributed by atoms with Crippen LogP contribution in [0.2, 0.25) is 5.02 Å². The van der Waals surface area contributed by atoms with Crippen molar-refractivity contribution in [2.24, 2.45) is 0 Å². The summed E-state index contributed by atoms with van der Waals surface area (Å²) in [6.07, 6.45) is 0. The highest BCUT2D eigenvalue weighted by molar-refractivity contribution is 9.11. The van der Waals surface area contributed by atoms with Crippen LogP contribution in [-0.2, 0) is 0 Å². The van der Waals surface area contributed by atoms with Crippen LogP contribution in [0.15, 0.2) is 34.1 Å². The van der Waals surface area contributed by atoms with Crippen molar-refractivity contribution in [3.63, 3.8) is 0 Å². The Bertz CT molecular complexity index is 585. The minimum absolute atomic E-state index is 0.160. The summed E-state index contributed by atoms with van der Waals surface area (Å²) in [4.78, 5) is 12.5. The third-order valence-electron chi connectivity index (χ3n) is 2.21. The number of benzene rings is 1. The number of hydrogen-bond donors (Lipinski definition) is 1. The van der Waals surface area contributed by atoms with Crippen LogP contribution in [0.1, 0.15) is 9.67 Å². The lowest BCUT2D eigenvalue weighted by Crippen LogP contribution is -2.09. The number of methoxy groups -OCH3 is 1. The third kappa shape index (κ3) is 3.04. The first-order valence-corrected chi connectivity index (χ1v) is 6.99. The molecule has 1 aromatic heterocycles. The van der Waals surface area contributed by atoms with Crippen LogP contribution in [0.25, 0.3) is 0 Å². The van der Waals surface area contributed by atoms with E-state index >= 15 is 0 Å². The van der Waals surface area contributed by atoms with Crippen LogP contribution in [0.4, 0.5) is 5.69 Å². The van der Waals surface area contributed by atoms with E-state index < -0.39 is 0 Å². The van der Waals surface area contributed by atoms with Gasteiger partial charge in [-0.25, -0.2) is 0 Å². The Labute approximate surface area is 122 Å². The molecular weight excluding hydrogens is 338 g/mol. The maximum absolute atomic E-state index is 11.9. The van der Waals surface area contributed by atoms with E-state index in [0.717, 1.165) is 3.79 Å². The fraction of sp³-hybridized carbons (Fsp3) is 0.0833. The van der Waals surface area contributed by atoms with Crippen LogP contribution < -0.4 is 10.1 Å². The molecule has 18 heavy (non-hydrogen) atoms. The average Bonchev–Trinajstić information content (AvgIpc) is 2.76. The molecule has 0 bridgehead atoms. The van der Waals surface area contributed by atoms with Gasteiger partial charge in [0.25, 0.3) is 5.91 Å². The Morgan fingerprint density at radius 2 is 2.17 bits per heavy atom. The molecule has 94 valence electrons. The SMILES string of the molecule is COc1ccc(NC(=O)c2ccc(Br)s2)cc1Cl. The van der Waals surface area contributed by atoms with E-state index in [1.165, 1.54) is 11.3 Å². The lowest BCUT2D eigenvalue weighted by Gasteiger charge is -2.07. The zero-order valence-electron chi connectivity index (χ0n) is 9.37. The number of halogens is 2. The molecule has 0 unspecified atom stereocenters. The Morgan fingerprint density at radius 3 is 2.72 bits per heavy atom. The Balaban J connectivity index is 2.14. The second-order valence-corrected chi connectivity index (χ2v) is 6.28. The maximum Gasteiger partial charge on any atom is 0.265 e. The highest BCUT2D eigenvalue weighted by Crippen LogP contribution is 2.28. The van der Waals surface area contributed by atoms with E-state index in [2.05, 4.69) is 21.2 Å². The fourth-order valence-electron chi connectivity index (χ4n) is 1.37. The largest absolute Gasteiger partial charge is 0.495 e. The van der Waals surface area contributed by atoms with Gasteiger partial charge in [-0.2, -0.15) is 0 Å². The number of thiophene rings is 1. The first-order chi connectivity index (χ1) is 8.60. The van der Waals surface area contributed by atoms with E-state index in [9.17, 15) is 4.79 Å². The van der Waals surface area contributed by atoms with Gasteiger partial charge in [0.05, 0.1) is 20.8 Å². The molecule has 1 amide bonds. The smallest absolute Gasteiger partial charge is 0.265 e. The van der Waals surface area contributed by atoms with Crippen molar-refractivity contribution >= 4 is 50.5 Å². The second-order valence-electron chi connectivity index (χ2n) is 3.41. The van der Waals surface area contributed by atoms with Gasteiger partial charge in [0, 0.05) is 5.69 Å². The highest BCUT2D eigenvalue weighted by atomic mass is 79.9.